The van der Waals surface area contributed by atoms with Gasteiger partial charge in [0.05, 0.1) is 6.54 Å². The average molecular weight is 444 g/mol. The molecule has 1 fully saturated rings. The Bertz CT molecular complexity index is 527. The molecule has 0 amide bonds. The Morgan fingerprint density at radius 3 is 2.79 bits per heavy atom. The standard InChI is InChI=1S/C18H28N4O.HI/c1-3-22-9-8-14(13-22)11-20-18(19-2)21-12-16-10-15-6-4-5-7-17(15)23-16;/h4-7,14,16H,3,8-13H2,1-2H3,(H2,19,20,21);1H. The van der Waals surface area contributed by atoms with Crippen molar-refractivity contribution >= 4 is 29.9 Å². The van der Waals surface area contributed by atoms with E-state index in [1.807, 2.05) is 19.2 Å². The molecule has 2 aliphatic heterocycles. The molecule has 0 radical (unpaired) electrons. The zero-order chi connectivity index (χ0) is 16.1. The summed E-state index contributed by atoms with van der Waals surface area (Å²) in [5.41, 5.74) is 1.30. The zero-order valence-corrected chi connectivity index (χ0v) is 17.0. The van der Waals surface area contributed by atoms with Crippen molar-refractivity contribution in [3.05, 3.63) is 29.8 Å². The molecule has 0 aliphatic carbocycles. The summed E-state index contributed by atoms with van der Waals surface area (Å²) in [6, 6.07) is 8.28. The van der Waals surface area contributed by atoms with Gasteiger partial charge in [0, 0.05) is 26.6 Å². The van der Waals surface area contributed by atoms with Gasteiger partial charge in [-0.1, -0.05) is 25.1 Å². The smallest absolute Gasteiger partial charge is 0.191 e. The van der Waals surface area contributed by atoms with E-state index in [-0.39, 0.29) is 30.1 Å². The maximum absolute atomic E-state index is 5.96. The summed E-state index contributed by atoms with van der Waals surface area (Å²) in [5.74, 6) is 2.62. The molecule has 2 heterocycles. The van der Waals surface area contributed by atoms with Crippen molar-refractivity contribution < 1.29 is 4.74 Å². The monoisotopic (exact) mass is 444 g/mol. The molecule has 0 aromatic heterocycles. The van der Waals surface area contributed by atoms with Crippen molar-refractivity contribution in [2.45, 2.75) is 25.9 Å². The van der Waals surface area contributed by atoms with Crippen molar-refractivity contribution in [3.8, 4) is 5.75 Å². The predicted octanol–water partition coefficient (Wildman–Crippen LogP) is 2.11. The maximum Gasteiger partial charge on any atom is 0.191 e. The van der Waals surface area contributed by atoms with E-state index in [0.717, 1.165) is 43.7 Å². The van der Waals surface area contributed by atoms with Gasteiger partial charge < -0.3 is 20.3 Å². The Morgan fingerprint density at radius 1 is 1.29 bits per heavy atom. The van der Waals surface area contributed by atoms with Crippen LogP contribution in [0.15, 0.2) is 29.3 Å². The predicted molar refractivity (Wildman–Crippen MR) is 110 cm³/mol. The molecule has 1 saturated heterocycles. The third kappa shape index (κ3) is 4.99. The van der Waals surface area contributed by atoms with E-state index in [4.69, 9.17) is 4.74 Å². The molecule has 134 valence electrons. The van der Waals surface area contributed by atoms with Crippen LogP contribution in [0.5, 0.6) is 5.75 Å². The van der Waals surface area contributed by atoms with Crippen molar-refractivity contribution in [2.24, 2.45) is 10.9 Å². The molecular formula is C18H29IN4O. The Morgan fingerprint density at radius 2 is 2.08 bits per heavy atom. The van der Waals surface area contributed by atoms with Crippen LogP contribution < -0.4 is 15.4 Å². The van der Waals surface area contributed by atoms with E-state index < -0.39 is 0 Å². The second-order valence-corrected chi connectivity index (χ2v) is 6.43. The van der Waals surface area contributed by atoms with Crippen LogP contribution in [0.2, 0.25) is 0 Å². The van der Waals surface area contributed by atoms with Crippen LogP contribution in [0.1, 0.15) is 18.9 Å². The van der Waals surface area contributed by atoms with Gasteiger partial charge in [-0.3, -0.25) is 4.99 Å². The van der Waals surface area contributed by atoms with E-state index in [1.54, 1.807) is 0 Å². The fraction of sp³-hybridized carbons (Fsp3) is 0.611. The molecule has 2 aliphatic rings. The van der Waals surface area contributed by atoms with Crippen molar-refractivity contribution in [1.82, 2.24) is 15.5 Å². The summed E-state index contributed by atoms with van der Waals surface area (Å²) in [5, 5.41) is 6.85. The number of fused-ring (bicyclic) bond motifs is 1. The van der Waals surface area contributed by atoms with Gasteiger partial charge in [-0.05, 0) is 37.1 Å². The molecule has 3 rings (SSSR count). The van der Waals surface area contributed by atoms with Gasteiger partial charge >= 0.3 is 0 Å². The van der Waals surface area contributed by atoms with Crippen molar-refractivity contribution in [2.75, 3.05) is 39.8 Å². The van der Waals surface area contributed by atoms with Gasteiger partial charge in [0.2, 0.25) is 0 Å². The SMILES string of the molecule is CCN1CCC(CNC(=NC)NCC2Cc3ccccc3O2)C1.I. The van der Waals surface area contributed by atoms with Crippen LogP contribution in [0.3, 0.4) is 0 Å². The molecule has 2 atom stereocenters. The Kier molecular flexibility index (Phi) is 7.61. The lowest BCUT2D eigenvalue weighted by atomic mass is 10.1. The highest BCUT2D eigenvalue weighted by molar-refractivity contribution is 14.0. The third-order valence-electron chi connectivity index (χ3n) is 4.81. The summed E-state index contributed by atoms with van der Waals surface area (Å²) in [6.45, 7) is 7.57. The Balaban J connectivity index is 0.00000208. The van der Waals surface area contributed by atoms with Gasteiger partial charge in [-0.2, -0.15) is 0 Å². The highest BCUT2D eigenvalue weighted by atomic mass is 127. The van der Waals surface area contributed by atoms with Gasteiger partial charge in [0.1, 0.15) is 11.9 Å². The van der Waals surface area contributed by atoms with Crippen LogP contribution in [0.4, 0.5) is 0 Å². The number of nitrogens with one attached hydrogen (secondary N) is 2. The van der Waals surface area contributed by atoms with E-state index in [9.17, 15) is 0 Å². The maximum atomic E-state index is 5.96. The topological polar surface area (TPSA) is 48.9 Å². The van der Waals surface area contributed by atoms with Crippen LogP contribution in [-0.2, 0) is 6.42 Å². The summed E-state index contributed by atoms with van der Waals surface area (Å²) in [7, 11) is 1.83. The van der Waals surface area contributed by atoms with E-state index in [1.165, 1.54) is 25.1 Å². The molecule has 0 bridgehead atoms. The van der Waals surface area contributed by atoms with Crippen molar-refractivity contribution in [3.63, 3.8) is 0 Å². The largest absolute Gasteiger partial charge is 0.488 e. The molecule has 1 aromatic rings. The number of guanidine groups is 1. The number of halogens is 1. The number of hydrogen-bond donors (Lipinski definition) is 2. The normalized spacial score (nSPS) is 23.3. The lowest BCUT2D eigenvalue weighted by molar-refractivity contribution is 0.235. The fourth-order valence-corrected chi connectivity index (χ4v) is 3.41. The minimum Gasteiger partial charge on any atom is -0.488 e. The molecule has 2 unspecified atom stereocenters. The number of rotatable bonds is 5. The highest BCUT2D eigenvalue weighted by Gasteiger charge is 2.23. The molecule has 0 spiro atoms. The molecule has 5 nitrogen and oxygen atoms in total. The van der Waals surface area contributed by atoms with Crippen LogP contribution in [-0.4, -0.2) is 56.7 Å². The minimum atomic E-state index is 0. The first-order valence-corrected chi connectivity index (χ1v) is 8.70. The molecule has 24 heavy (non-hydrogen) atoms. The van der Waals surface area contributed by atoms with E-state index >= 15 is 0 Å². The first-order valence-electron chi connectivity index (χ1n) is 8.70. The lowest BCUT2D eigenvalue weighted by Crippen LogP contribution is -2.44. The molecular weight excluding hydrogens is 415 g/mol. The quantitative estimate of drug-likeness (QED) is 0.415. The first-order chi connectivity index (χ1) is 11.3. The third-order valence-corrected chi connectivity index (χ3v) is 4.81. The van der Waals surface area contributed by atoms with Gasteiger partial charge in [0.15, 0.2) is 5.96 Å². The lowest BCUT2D eigenvalue weighted by Gasteiger charge is -2.18. The molecule has 0 saturated carbocycles. The zero-order valence-electron chi connectivity index (χ0n) is 14.6. The fourth-order valence-electron chi connectivity index (χ4n) is 3.41. The summed E-state index contributed by atoms with van der Waals surface area (Å²) < 4.78 is 5.96. The summed E-state index contributed by atoms with van der Waals surface area (Å²) in [4.78, 5) is 6.83. The van der Waals surface area contributed by atoms with Crippen LogP contribution in [0, 0.1) is 5.92 Å². The summed E-state index contributed by atoms with van der Waals surface area (Å²) >= 11 is 0. The van der Waals surface area contributed by atoms with Crippen LogP contribution >= 0.6 is 24.0 Å². The number of aliphatic imine (C=N–C) groups is 1. The van der Waals surface area contributed by atoms with E-state index in [2.05, 4.69) is 39.6 Å². The Labute approximate surface area is 162 Å². The second kappa shape index (κ2) is 9.46. The second-order valence-electron chi connectivity index (χ2n) is 6.43. The first kappa shape index (κ1) is 19.3. The molecule has 2 N–H and O–H groups in total. The minimum absolute atomic E-state index is 0. The van der Waals surface area contributed by atoms with Gasteiger partial charge in [-0.15, -0.1) is 24.0 Å². The number of para-hydroxylation sites is 1. The molecule has 6 heteroatoms. The van der Waals surface area contributed by atoms with Crippen molar-refractivity contribution in [1.29, 1.82) is 0 Å². The number of nitrogens with zero attached hydrogens (tertiary/aromatic N) is 2. The number of hydrogen-bond acceptors (Lipinski definition) is 3. The highest BCUT2D eigenvalue weighted by Crippen LogP contribution is 2.27. The summed E-state index contributed by atoms with van der Waals surface area (Å²) in [6.07, 6.45) is 2.43. The van der Waals surface area contributed by atoms with Crippen LogP contribution in [0.25, 0.3) is 0 Å². The number of likely N-dealkylation sites (tertiary alicyclic amines) is 1. The van der Waals surface area contributed by atoms with Gasteiger partial charge in [0.25, 0.3) is 0 Å². The van der Waals surface area contributed by atoms with Gasteiger partial charge in [-0.25, -0.2) is 0 Å². The number of benzene rings is 1. The average Bonchev–Trinajstić information content (AvgIpc) is 3.21. The van der Waals surface area contributed by atoms with E-state index in [0.29, 0.717) is 0 Å². The molecule has 1 aromatic carbocycles. The number of ether oxygens (including phenoxy) is 1. The Hall–Kier alpha value is -1.02.